The first kappa shape index (κ1) is 24.3. The lowest BCUT2D eigenvalue weighted by atomic mass is 10.2. The monoisotopic (exact) mass is 469 g/mol. The Kier molecular flexibility index (Phi) is 8.38. The maximum Gasteiger partial charge on any atom is 0.529 e. The van der Waals surface area contributed by atoms with Crippen molar-refractivity contribution in [3.63, 3.8) is 0 Å². The molecule has 0 spiro atoms. The normalized spacial score (nSPS) is 12.0. The van der Waals surface area contributed by atoms with E-state index in [1.807, 2.05) is 60.7 Å². The molecule has 0 aliphatic carbocycles. The van der Waals surface area contributed by atoms with Gasteiger partial charge in [-0.25, -0.2) is 0 Å². The summed E-state index contributed by atoms with van der Waals surface area (Å²) in [6.07, 6.45) is 0. The molecule has 0 saturated carbocycles. The summed E-state index contributed by atoms with van der Waals surface area (Å²) >= 11 is 0. The molecule has 6 nitrogen and oxygen atoms in total. The molecular formula is C24H31NO5Si2. The van der Waals surface area contributed by atoms with Gasteiger partial charge in [-0.15, -0.1) is 0 Å². The Labute approximate surface area is 193 Å². The van der Waals surface area contributed by atoms with E-state index in [0.29, 0.717) is 0 Å². The van der Waals surface area contributed by atoms with Crippen LogP contribution in [0, 0.1) is 0 Å². The van der Waals surface area contributed by atoms with Gasteiger partial charge in [-0.1, -0.05) is 72.8 Å². The molecule has 0 unspecified atom stereocenters. The van der Waals surface area contributed by atoms with Crippen LogP contribution in [0.2, 0.25) is 0 Å². The van der Waals surface area contributed by atoms with Gasteiger partial charge in [-0.05, 0) is 17.7 Å². The van der Waals surface area contributed by atoms with Crippen LogP contribution in [0.3, 0.4) is 0 Å². The number of nitrogens with zero attached hydrogens (tertiary/aromatic N) is 1. The molecule has 32 heavy (non-hydrogen) atoms. The summed E-state index contributed by atoms with van der Waals surface area (Å²) in [5.74, 6) is 0. The number of hydrogen-bond donors (Lipinski definition) is 0. The van der Waals surface area contributed by atoms with Crippen molar-refractivity contribution in [2.24, 2.45) is 0 Å². The van der Waals surface area contributed by atoms with Crippen molar-refractivity contribution in [3.8, 4) is 0 Å². The van der Waals surface area contributed by atoms with Gasteiger partial charge in [0.15, 0.2) is 0 Å². The van der Waals surface area contributed by atoms with Crippen molar-refractivity contribution in [1.29, 1.82) is 0 Å². The predicted octanol–water partition coefficient (Wildman–Crippen LogP) is 2.92. The summed E-state index contributed by atoms with van der Waals surface area (Å²) in [4.78, 5) is 2.20. The van der Waals surface area contributed by atoms with Crippen LogP contribution >= 0.6 is 0 Å². The molecule has 3 aromatic carbocycles. The summed E-state index contributed by atoms with van der Waals surface area (Å²) in [6.45, 7) is 0.776. The summed E-state index contributed by atoms with van der Waals surface area (Å²) in [5.41, 5.74) is 2.33. The Morgan fingerprint density at radius 1 is 0.594 bits per heavy atom. The lowest BCUT2D eigenvalue weighted by Gasteiger charge is -2.35. The van der Waals surface area contributed by atoms with Gasteiger partial charge in [-0.3, -0.25) is 0 Å². The zero-order chi connectivity index (χ0) is 23.0. The highest BCUT2D eigenvalue weighted by atomic mass is 28.5. The third kappa shape index (κ3) is 5.18. The molecule has 170 valence electrons. The lowest BCUT2D eigenvalue weighted by molar-refractivity contribution is 0.107. The maximum absolute atomic E-state index is 6.56. The highest BCUT2D eigenvalue weighted by molar-refractivity contribution is 6.88. The van der Waals surface area contributed by atoms with Crippen molar-refractivity contribution in [1.82, 2.24) is 0 Å². The Morgan fingerprint density at radius 3 is 1.50 bits per heavy atom. The summed E-state index contributed by atoms with van der Waals surface area (Å²) < 4.78 is 30.1. The molecule has 3 aromatic rings. The van der Waals surface area contributed by atoms with Crippen LogP contribution in [-0.2, 0) is 28.4 Å². The van der Waals surface area contributed by atoms with E-state index in [2.05, 4.69) is 36.2 Å². The zero-order valence-corrected chi connectivity index (χ0v) is 21.3. The molecule has 8 heteroatoms. The Bertz CT molecular complexity index is 949. The second kappa shape index (κ2) is 11.0. The van der Waals surface area contributed by atoms with Crippen molar-refractivity contribution in [2.45, 2.75) is 6.54 Å². The van der Waals surface area contributed by atoms with E-state index in [4.69, 9.17) is 21.8 Å². The first-order valence-electron chi connectivity index (χ1n) is 10.3. The summed E-state index contributed by atoms with van der Waals surface area (Å²) in [6, 6.07) is 28.1. The van der Waals surface area contributed by atoms with Crippen LogP contribution in [0.1, 0.15) is 5.56 Å². The number of benzene rings is 3. The second-order valence-corrected chi connectivity index (χ2v) is 13.1. The topological polar surface area (TPSA) is 49.4 Å². The number of para-hydroxylation sites is 1. The third-order valence-electron chi connectivity index (χ3n) is 5.40. The van der Waals surface area contributed by atoms with E-state index in [1.165, 1.54) is 5.56 Å². The van der Waals surface area contributed by atoms with E-state index in [0.717, 1.165) is 22.6 Å². The summed E-state index contributed by atoms with van der Waals surface area (Å²) in [7, 11) is 1.89. The third-order valence-corrected chi connectivity index (χ3v) is 11.8. The van der Waals surface area contributed by atoms with E-state index >= 15 is 0 Å². The van der Waals surface area contributed by atoms with Crippen molar-refractivity contribution >= 4 is 33.7 Å². The smallest absolute Gasteiger partial charge is 0.374 e. The average molecular weight is 470 g/mol. The Hall–Kier alpha value is -2.31. The summed E-state index contributed by atoms with van der Waals surface area (Å²) in [5, 5.41) is 1.69. The van der Waals surface area contributed by atoms with Crippen molar-refractivity contribution in [2.75, 3.05) is 40.4 Å². The molecule has 0 N–H and O–H groups in total. The molecule has 0 aliphatic heterocycles. The van der Waals surface area contributed by atoms with Gasteiger partial charge in [0.2, 0.25) is 0 Å². The maximum atomic E-state index is 6.56. The highest BCUT2D eigenvalue weighted by Gasteiger charge is 2.55. The second-order valence-electron chi connectivity index (χ2n) is 7.29. The minimum Gasteiger partial charge on any atom is -0.374 e. The number of rotatable bonds is 11. The van der Waals surface area contributed by atoms with Gasteiger partial charge in [0.25, 0.3) is 0 Å². The molecule has 0 aromatic heterocycles. The largest absolute Gasteiger partial charge is 0.529 e. The molecular weight excluding hydrogens is 438 g/mol. The molecule has 0 atom stereocenters. The minimum absolute atomic E-state index is 0.776. The Morgan fingerprint density at radius 2 is 1.03 bits per heavy atom. The van der Waals surface area contributed by atoms with Gasteiger partial charge < -0.3 is 26.7 Å². The molecule has 3 rings (SSSR count). The predicted molar refractivity (Wildman–Crippen MR) is 131 cm³/mol. The fraction of sp³-hybridized carbons (Fsp3) is 0.250. The molecule has 0 amide bonds. The van der Waals surface area contributed by atoms with E-state index < -0.39 is 17.6 Å². The SMILES string of the molecule is CO[Si](OC)(O[Si](OC)(OC)c1ccc(CN(C)c2ccccc2)cc1)c1ccccc1. The van der Waals surface area contributed by atoms with Crippen molar-refractivity contribution < 1.29 is 21.8 Å². The van der Waals surface area contributed by atoms with E-state index in [9.17, 15) is 0 Å². The molecule has 0 fully saturated rings. The van der Waals surface area contributed by atoms with Crippen molar-refractivity contribution in [3.05, 3.63) is 90.5 Å². The van der Waals surface area contributed by atoms with Gasteiger partial charge in [0.1, 0.15) is 0 Å². The lowest BCUT2D eigenvalue weighted by Crippen LogP contribution is -2.68. The number of hydrogen-bond acceptors (Lipinski definition) is 6. The van der Waals surface area contributed by atoms with Crippen LogP contribution in [0.15, 0.2) is 84.9 Å². The molecule has 0 saturated heterocycles. The van der Waals surface area contributed by atoms with Gasteiger partial charge in [0, 0.05) is 58.1 Å². The molecule has 0 radical (unpaired) electrons. The van der Waals surface area contributed by atoms with Crippen LogP contribution < -0.4 is 15.3 Å². The average Bonchev–Trinajstić information content (AvgIpc) is 2.87. The van der Waals surface area contributed by atoms with Crippen LogP contribution in [0.5, 0.6) is 0 Å². The van der Waals surface area contributed by atoms with Crippen LogP contribution in [0.25, 0.3) is 0 Å². The van der Waals surface area contributed by atoms with Gasteiger partial charge in [0.05, 0.1) is 0 Å². The first-order chi connectivity index (χ1) is 15.5. The fourth-order valence-corrected chi connectivity index (χ4v) is 9.75. The molecule has 0 aliphatic rings. The molecule has 0 heterocycles. The Balaban J connectivity index is 1.87. The van der Waals surface area contributed by atoms with Gasteiger partial charge in [-0.2, -0.15) is 0 Å². The van der Waals surface area contributed by atoms with Gasteiger partial charge >= 0.3 is 17.6 Å². The highest BCUT2D eigenvalue weighted by Crippen LogP contribution is 2.20. The fourth-order valence-electron chi connectivity index (χ4n) is 3.60. The minimum atomic E-state index is -3.31. The van der Waals surface area contributed by atoms with E-state index in [1.54, 1.807) is 28.4 Å². The zero-order valence-electron chi connectivity index (χ0n) is 19.3. The first-order valence-corrected chi connectivity index (χ1v) is 13.8. The standard InChI is InChI=1S/C24H31NO5Si2/c1-25(22-12-8-6-9-13-22)20-21-16-18-24(19-17-21)32(28-4,29-5)30-31(26-2,27-3)23-14-10-7-11-15-23/h6-19H,20H2,1-5H3. The molecule has 0 bridgehead atoms. The van der Waals surface area contributed by atoms with Crippen LogP contribution in [-0.4, -0.2) is 53.1 Å². The van der Waals surface area contributed by atoms with Crippen LogP contribution in [0.4, 0.5) is 5.69 Å². The van der Waals surface area contributed by atoms with E-state index in [-0.39, 0.29) is 0 Å². The number of anilines is 1. The quantitative estimate of drug-likeness (QED) is 0.403.